The van der Waals surface area contributed by atoms with Crippen LogP contribution in [0.5, 0.6) is 11.6 Å². The molecule has 0 unspecified atom stereocenters. The molecule has 0 saturated carbocycles. The van der Waals surface area contributed by atoms with E-state index in [9.17, 15) is 0 Å². The number of ether oxygens (including phenoxy) is 1. The Morgan fingerprint density at radius 3 is 2.56 bits per heavy atom. The van der Waals surface area contributed by atoms with E-state index in [1.807, 2.05) is 43.3 Å². The number of benzene rings is 1. The van der Waals surface area contributed by atoms with Crippen molar-refractivity contribution in [1.29, 1.82) is 0 Å². The number of rotatable bonds is 3. The van der Waals surface area contributed by atoms with E-state index >= 15 is 0 Å². The molecule has 0 aliphatic rings. The number of aryl methyl sites for hydroxylation is 1. The summed E-state index contributed by atoms with van der Waals surface area (Å²) in [5.41, 5.74) is 7.63. The van der Waals surface area contributed by atoms with Crippen LogP contribution in [-0.4, -0.2) is 4.98 Å². The molecule has 82 valence electrons. The summed E-state index contributed by atoms with van der Waals surface area (Å²) < 4.78 is 5.66. The van der Waals surface area contributed by atoms with Crippen molar-refractivity contribution >= 4 is 0 Å². The lowest BCUT2D eigenvalue weighted by Gasteiger charge is -2.07. The largest absolute Gasteiger partial charge is 0.439 e. The Hall–Kier alpha value is -1.87. The molecule has 0 atom stereocenters. The molecule has 1 heterocycles. The van der Waals surface area contributed by atoms with E-state index in [1.54, 1.807) is 6.20 Å². The fourth-order valence-corrected chi connectivity index (χ4v) is 1.38. The van der Waals surface area contributed by atoms with Gasteiger partial charge in [0.2, 0.25) is 5.88 Å². The van der Waals surface area contributed by atoms with E-state index in [2.05, 4.69) is 4.98 Å². The van der Waals surface area contributed by atoms with Crippen LogP contribution < -0.4 is 10.5 Å². The van der Waals surface area contributed by atoms with Crippen LogP contribution in [0.1, 0.15) is 11.1 Å². The Bertz CT molecular complexity index is 466. The molecule has 0 amide bonds. The molecule has 0 aliphatic heterocycles. The van der Waals surface area contributed by atoms with Gasteiger partial charge in [0.15, 0.2) is 0 Å². The quantitative estimate of drug-likeness (QED) is 0.854. The van der Waals surface area contributed by atoms with Gasteiger partial charge in [-0.05, 0) is 30.7 Å². The number of hydrogen-bond acceptors (Lipinski definition) is 3. The Kier molecular flexibility index (Phi) is 3.17. The molecular weight excluding hydrogens is 200 g/mol. The van der Waals surface area contributed by atoms with Gasteiger partial charge < -0.3 is 10.5 Å². The Morgan fingerprint density at radius 2 is 1.94 bits per heavy atom. The first-order valence-electron chi connectivity index (χ1n) is 5.18. The number of hydrogen-bond donors (Lipinski definition) is 1. The Balaban J connectivity index is 2.18. The van der Waals surface area contributed by atoms with Crippen molar-refractivity contribution in [3.63, 3.8) is 0 Å². The van der Waals surface area contributed by atoms with E-state index in [-0.39, 0.29) is 0 Å². The van der Waals surface area contributed by atoms with Crippen LogP contribution in [-0.2, 0) is 6.54 Å². The van der Waals surface area contributed by atoms with Gasteiger partial charge in [-0.1, -0.05) is 18.2 Å². The molecule has 1 aromatic heterocycles. The second-order valence-corrected chi connectivity index (χ2v) is 3.58. The van der Waals surface area contributed by atoms with Gasteiger partial charge in [0.1, 0.15) is 5.75 Å². The van der Waals surface area contributed by atoms with Crippen molar-refractivity contribution in [3.8, 4) is 11.6 Å². The first kappa shape index (κ1) is 10.6. The average Bonchev–Trinajstić information content (AvgIpc) is 2.33. The fourth-order valence-electron chi connectivity index (χ4n) is 1.38. The third kappa shape index (κ3) is 2.38. The van der Waals surface area contributed by atoms with Gasteiger partial charge in [-0.2, -0.15) is 0 Å². The van der Waals surface area contributed by atoms with Gasteiger partial charge in [0, 0.05) is 18.3 Å². The minimum absolute atomic E-state index is 0.545. The summed E-state index contributed by atoms with van der Waals surface area (Å²) in [6.45, 7) is 2.51. The Morgan fingerprint density at radius 1 is 1.19 bits per heavy atom. The highest BCUT2D eigenvalue weighted by Crippen LogP contribution is 2.22. The van der Waals surface area contributed by atoms with Gasteiger partial charge in [0.25, 0.3) is 0 Å². The summed E-state index contributed by atoms with van der Waals surface area (Å²) in [7, 11) is 0. The van der Waals surface area contributed by atoms with E-state index in [0.29, 0.717) is 12.4 Å². The molecule has 0 radical (unpaired) electrons. The molecule has 3 heteroatoms. The van der Waals surface area contributed by atoms with Crippen molar-refractivity contribution in [2.24, 2.45) is 5.73 Å². The highest BCUT2D eigenvalue weighted by Gasteiger charge is 2.01. The molecular formula is C13H14N2O. The van der Waals surface area contributed by atoms with E-state index < -0.39 is 0 Å². The van der Waals surface area contributed by atoms with E-state index in [0.717, 1.165) is 16.9 Å². The van der Waals surface area contributed by atoms with Crippen molar-refractivity contribution in [3.05, 3.63) is 53.7 Å². The molecule has 0 aliphatic carbocycles. The van der Waals surface area contributed by atoms with Crippen molar-refractivity contribution in [1.82, 2.24) is 4.98 Å². The summed E-state index contributed by atoms with van der Waals surface area (Å²) >= 11 is 0. The van der Waals surface area contributed by atoms with Gasteiger partial charge in [-0.3, -0.25) is 0 Å². The molecule has 16 heavy (non-hydrogen) atoms. The zero-order valence-electron chi connectivity index (χ0n) is 9.18. The van der Waals surface area contributed by atoms with Crippen molar-refractivity contribution < 1.29 is 4.74 Å². The van der Waals surface area contributed by atoms with Gasteiger partial charge in [-0.15, -0.1) is 0 Å². The molecule has 3 nitrogen and oxygen atoms in total. The van der Waals surface area contributed by atoms with Gasteiger partial charge in [0.05, 0.1) is 0 Å². The monoisotopic (exact) mass is 214 g/mol. The first-order valence-corrected chi connectivity index (χ1v) is 5.18. The third-order valence-corrected chi connectivity index (χ3v) is 2.34. The van der Waals surface area contributed by atoms with E-state index in [4.69, 9.17) is 10.5 Å². The maximum Gasteiger partial charge on any atom is 0.222 e. The van der Waals surface area contributed by atoms with Crippen LogP contribution in [0.4, 0.5) is 0 Å². The van der Waals surface area contributed by atoms with Crippen LogP contribution in [0.3, 0.4) is 0 Å². The van der Waals surface area contributed by atoms with E-state index in [1.165, 1.54) is 0 Å². The fraction of sp³-hybridized carbons (Fsp3) is 0.154. The summed E-state index contributed by atoms with van der Waals surface area (Å²) in [5, 5.41) is 0. The second-order valence-electron chi connectivity index (χ2n) is 3.58. The molecule has 0 spiro atoms. The maximum absolute atomic E-state index is 5.66. The lowest BCUT2D eigenvalue weighted by Crippen LogP contribution is -1.96. The minimum Gasteiger partial charge on any atom is -0.439 e. The standard InChI is InChI=1S/C13H14N2O/c1-10-3-2-8-15-13(10)16-12-6-4-11(9-14)5-7-12/h2-8H,9,14H2,1H3. The maximum atomic E-state index is 5.66. The predicted octanol–water partition coefficient (Wildman–Crippen LogP) is 2.64. The zero-order valence-corrected chi connectivity index (χ0v) is 9.18. The molecule has 2 aromatic rings. The lowest BCUT2D eigenvalue weighted by molar-refractivity contribution is 0.459. The molecule has 0 saturated heterocycles. The smallest absolute Gasteiger partial charge is 0.222 e. The van der Waals surface area contributed by atoms with Crippen molar-refractivity contribution in [2.45, 2.75) is 13.5 Å². The van der Waals surface area contributed by atoms with Gasteiger partial charge >= 0.3 is 0 Å². The van der Waals surface area contributed by atoms with Crippen molar-refractivity contribution in [2.75, 3.05) is 0 Å². The third-order valence-electron chi connectivity index (χ3n) is 2.34. The summed E-state index contributed by atoms with van der Waals surface area (Å²) in [6.07, 6.45) is 1.72. The van der Waals surface area contributed by atoms with Crippen LogP contribution in [0, 0.1) is 6.92 Å². The molecule has 2 N–H and O–H groups in total. The molecule has 2 rings (SSSR count). The normalized spacial score (nSPS) is 10.1. The van der Waals surface area contributed by atoms with Crippen LogP contribution in [0.25, 0.3) is 0 Å². The second kappa shape index (κ2) is 4.77. The number of nitrogens with two attached hydrogens (primary N) is 1. The number of nitrogens with zero attached hydrogens (tertiary/aromatic N) is 1. The lowest BCUT2D eigenvalue weighted by atomic mass is 10.2. The minimum atomic E-state index is 0.545. The number of aromatic nitrogens is 1. The summed E-state index contributed by atoms with van der Waals surface area (Å²) in [4.78, 5) is 4.17. The Labute approximate surface area is 94.9 Å². The highest BCUT2D eigenvalue weighted by atomic mass is 16.5. The topological polar surface area (TPSA) is 48.1 Å². The average molecular weight is 214 g/mol. The summed E-state index contributed by atoms with van der Waals surface area (Å²) in [6, 6.07) is 11.6. The highest BCUT2D eigenvalue weighted by molar-refractivity contribution is 5.33. The van der Waals surface area contributed by atoms with Crippen LogP contribution >= 0.6 is 0 Å². The summed E-state index contributed by atoms with van der Waals surface area (Å²) in [5.74, 6) is 1.42. The van der Waals surface area contributed by atoms with Crippen LogP contribution in [0.15, 0.2) is 42.6 Å². The van der Waals surface area contributed by atoms with Crippen LogP contribution in [0.2, 0.25) is 0 Å². The van der Waals surface area contributed by atoms with Gasteiger partial charge in [-0.25, -0.2) is 4.98 Å². The predicted molar refractivity (Wildman–Crippen MR) is 63.4 cm³/mol. The molecule has 0 bridgehead atoms. The zero-order chi connectivity index (χ0) is 11.4. The SMILES string of the molecule is Cc1cccnc1Oc1ccc(CN)cc1. The molecule has 0 fully saturated rings. The molecule has 1 aromatic carbocycles. The number of pyridine rings is 1. The first-order chi connectivity index (χ1) is 7.79.